The third kappa shape index (κ3) is 3.79. The van der Waals surface area contributed by atoms with Crippen LogP contribution in [-0.4, -0.2) is 28.6 Å². The number of carbonyl (C=O) groups is 2. The molecule has 7 heteroatoms. The first kappa shape index (κ1) is 16.6. The number of aryl methyl sites for hydroxylation is 1. The molecule has 0 aliphatic carbocycles. The summed E-state index contributed by atoms with van der Waals surface area (Å²) in [5.74, 6) is -0.553. The van der Waals surface area contributed by atoms with Gasteiger partial charge in [-0.15, -0.1) is 10.2 Å². The summed E-state index contributed by atoms with van der Waals surface area (Å²) >= 11 is 1.41. The third-order valence-corrected chi connectivity index (χ3v) is 4.90. The van der Waals surface area contributed by atoms with E-state index in [-0.39, 0.29) is 24.2 Å². The molecule has 0 unspecified atom stereocenters. The number of para-hydroxylation sites is 1. The number of nitrogens with one attached hydrogen (secondary N) is 1. The second-order valence-corrected chi connectivity index (χ2v) is 6.90. The fourth-order valence-electron chi connectivity index (χ4n) is 2.68. The van der Waals surface area contributed by atoms with Crippen molar-refractivity contribution in [2.75, 3.05) is 16.8 Å². The lowest BCUT2D eigenvalue weighted by atomic mass is 10.1. The first-order chi connectivity index (χ1) is 11.7. The van der Waals surface area contributed by atoms with Crippen molar-refractivity contribution in [1.82, 2.24) is 10.2 Å². The van der Waals surface area contributed by atoms with Gasteiger partial charge in [-0.1, -0.05) is 42.9 Å². The summed E-state index contributed by atoms with van der Waals surface area (Å²) in [6.07, 6.45) is 3.27. The molecular weight excluding hydrogens is 324 g/mol. The fourth-order valence-corrected chi connectivity index (χ4v) is 3.47. The molecule has 0 saturated carbocycles. The molecule has 1 fully saturated rings. The highest BCUT2D eigenvalue weighted by molar-refractivity contribution is 7.15. The number of unbranched alkanes of at least 4 members (excludes halogenated alkanes) is 1. The van der Waals surface area contributed by atoms with E-state index in [1.165, 1.54) is 11.3 Å². The van der Waals surface area contributed by atoms with Gasteiger partial charge in [0.1, 0.15) is 5.01 Å². The van der Waals surface area contributed by atoms with Crippen molar-refractivity contribution in [2.24, 2.45) is 5.92 Å². The summed E-state index contributed by atoms with van der Waals surface area (Å²) in [6, 6.07) is 9.43. The Morgan fingerprint density at radius 3 is 2.88 bits per heavy atom. The first-order valence-corrected chi connectivity index (χ1v) is 8.97. The Morgan fingerprint density at radius 2 is 2.12 bits per heavy atom. The van der Waals surface area contributed by atoms with E-state index in [4.69, 9.17) is 0 Å². The zero-order chi connectivity index (χ0) is 16.9. The van der Waals surface area contributed by atoms with Gasteiger partial charge in [0.15, 0.2) is 0 Å². The minimum absolute atomic E-state index is 0.0257. The summed E-state index contributed by atoms with van der Waals surface area (Å²) in [5.41, 5.74) is 0.829. The van der Waals surface area contributed by atoms with Gasteiger partial charge in [0.2, 0.25) is 16.9 Å². The number of hydrogen-bond acceptors (Lipinski definition) is 5. The van der Waals surface area contributed by atoms with Crippen LogP contribution in [0.2, 0.25) is 0 Å². The predicted molar refractivity (Wildman–Crippen MR) is 94.1 cm³/mol. The van der Waals surface area contributed by atoms with Gasteiger partial charge in [0.25, 0.3) is 0 Å². The molecule has 2 heterocycles. The maximum absolute atomic E-state index is 12.4. The smallest absolute Gasteiger partial charge is 0.231 e. The van der Waals surface area contributed by atoms with Crippen LogP contribution in [0.3, 0.4) is 0 Å². The van der Waals surface area contributed by atoms with E-state index in [1.807, 2.05) is 30.3 Å². The van der Waals surface area contributed by atoms with Crippen LogP contribution < -0.4 is 10.2 Å². The predicted octanol–water partition coefficient (Wildman–Crippen LogP) is 2.87. The van der Waals surface area contributed by atoms with Gasteiger partial charge in [0, 0.05) is 25.1 Å². The highest BCUT2D eigenvalue weighted by atomic mass is 32.1. The van der Waals surface area contributed by atoms with Gasteiger partial charge in [-0.3, -0.25) is 9.59 Å². The number of aromatic nitrogens is 2. The van der Waals surface area contributed by atoms with Crippen molar-refractivity contribution in [2.45, 2.75) is 32.6 Å². The molecule has 0 radical (unpaired) electrons. The highest BCUT2D eigenvalue weighted by Gasteiger charge is 2.35. The van der Waals surface area contributed by atoms with E-state index in [9.17, 15) is 9.59 Å². The Balaban J connectivity index is 1.60. The van der Waals surface area contributed by atoms with Crippen LogP contribution in [0.4, 0.5) is 10.8 Å². The number of rotatable bonds is 6. The van der Waals surface area contributed by atoms with Gasteiger partial charge >= 0.3 is 0 Å². The molecule has 3 rings (SSSR count). The third-order valence-electron chi connectivity index (χ3n) is 4.00. The standard InChI is InChI=1S/C17H20N4O2S/c1-2-3-9-14-19-20-17(24-14)18-16(23)12-10-15(22)21(11-12)13-7-5-4-6-8-13/h4-8,12H,2-3,9-11H2,1H3,(H,18,20,23)/t12-/m0/s1. The largest absolute Gasteiger partial charge is 0.312 e. The van der Waals surface area contributed by atoms with E-state index >= 15 is 0 Å². The summed E-state index contributed by atoms with van der Waals surface area (Å²) in [6.45, 7) is 2.52. The van der Waals surface area contributed by atoms with Crippen LogP contribution in [0, 0.1) is 5.92 Å². The zero-order valence-corrected chi connectivity index (χ0v) is 14.4. The summed E-state index contributed by atoms with van der Waals surface area (Å²) in [7, 11) is 0. The molecule has 2 aromatic rings. The lowest BCUT2D eigenvalue weighted by Gasteiger charge is -2.16. The van der Waals surface area contributed by atoms with Gasteiger partial charge in [-0.05, 0) is 18.6 Å². The number of benzene rings is 1. The minimum Gasteiger partial charge on any atom is -0.312 e. The first-order valence-electron chi connectivity index (χ1n) is 8.16. The summed E-state index contributed by atoms with van der Waals surface area (Å²) < 4.78 is 0. The van der Waals surface area contributed by atoms with E-state index < -0.39 is 0 Å². The van der Waals surface area contributed by atoms with Crippen LogP contribution in [0.25, 0.3) is 0 Å². The van der Waals surface area contributed by atoms with E-state index in [0.29, 0.717) is 11.7 Å². The molecule has 1 aromatic carbocycles. The van der Waals surface area contributed by atoms with Crippen molar-refractivity contribution >= 4 is 34.0 Å². The van der Waals surface area contributed by atoms with E-state index in [0.717, 1.165) is 30.0 Å². The molecule has 1 aliphatic heterocycles. The Bertz CT molecular complexity index is 716. The molecule has 1 N–H and O–H groups in total. The fraction of sp³-hybridized carbons (Fsp3) is 0.412. The maximum Gasteiger partial charge on any atom is 0.231 e. The van der Waals surface area contributed by atoms with E-state index in [2.05, 4.69) is 22.4 Å². The van der Waals surface area contributed by atoms with Gasteiger partial charge in [-0.25, -0.2) is 0 Å². The summed E-state index contributed by atoms with van der Waals surface area (Å²) in [4.78, 5) is 26.3. The lowest BCUT2D eigenvalue weighted by molar-refractivity contribution is -0.122. The van der Waals surface area contributed by atoms with E-state index in [1.54, 1.807) is 4.90 Å². The summed E-state index contributed by atoms with van der Waals surface area (Å²) in [5, 5.41) is 12.3. The monoisotopic (exact) mass is 344 g/mol. The highest BCUT2D eigenvalue weighted by Crippen LogP contribution is 2.26. The van der Waals surface area contributed by atoms with Crippen molar-refractivity contribution < 1.29 is 9.59 Å². The average Bonchev–Trinajstić information content (AvgIpc) is 3.20. The molecule has 2 amide bonds. The van der Waals surface area contributed by atoms with Crippen LogP contribution in [0.1, 0.15) is 31.2 Å². The van der Waals surface area contributed by atoms with Crippen molar-refractivity contribution in [3.05, 3.63) is 35.3 Å². The Morgan fingerprint density at radius 1 is 1.33 bits per heavy atom. The molecule has 1 aliphatic rings. The molecule has 1 saturated heterocycles. The number of hydrogen-bond donors (Lipinski definition) is 1. The molecular formula is C17H20N4O2S. The minimum atomic E-state index is -0.360. The Labute approximate surface area is 144 Å². The Hall–Kier alpha value is -2.28. The zero-order valence-electron chi connectivity index (χ0n) is 13.6. The number of nitrogens with zero attached hydrogens (tertiary/aromatic N) is 3. The molecule has 0 bridgehead atoms. The van der Waals surface area contributed by atoms with Crippen LogP contribution >= 0.6 is 11.3 Å². The van der Waals surface area contributed by atoms with Crippen LogP contribution in [0.5, 0.6) is 0 Å². The van der Waals surface area contributed by atoms with Gasteiger partial charge < -0.3 is 10.2 Å². The molecule has 126 valence electrons. The topological polar surface area (TPSA) is 75.2 Å². The van der Waals surface area contributed by atoms with Crippen molar-refractivity contribution in [3.8, 4) is 0 Å². The lowest BCUT2D eigenvalue weighted by Crippen LogP contribution is -2.28. The number of amides is 2. The van der Waals surface area contributed by atoms with Crippen molar-refractivity contribution in [1.29, 1.82) is 0 Å². The number of anilines is 2. The van der Waals surface area contributed by atoms with Gasteiger partial charge in [0.05, 0.1) is 5.92 Å². The second kappa shape index (κ2) is 7.53. The Kier molecular flexibility index (Phi) is 5.20. The molecule has 0 spiro atoms. The molecule has 1 aromatic heterocycles. The maximum atomic E-state index is 12.4. The molecule has 24 heavy (non-hydrogen) atoms. The van der Waals surface area contributed by atoms with Crippen LogP contribution in [0.15, 0.2) is 30.3 Å². The van der Waals surface area contributed by atoms with Crippen molar-refractivity contribution in [3.63, 3.8) is 0 Å². The molecule has 1 atom stereocenters. The van der Waals surface area contributed by atoms with Crippen LogP contribution in [-0.2, 0) is 16.0 Å². The molecule has 6 nitrogen and oxygen atoms in total. The quantitative estimate of drug-likeness (QED) is 0.874. The second-order valence-electron chi connectivity index (χ2n) is 5.83. The number of carbonyl (C=O) groups excluding carboxylic acids is 2. The van der Waals surface area contributed by atoms with Gasteiger partial charge in [-0.2, -0.15) is 0 Å². The SMILES string of the molecule is CCCCc1nnc(NC(=O)[C@H]2CC(=O)N(c3ccccc3)C2)s1. The average molecular weight is 344 g/mol. The normalized spacial score (nSPS) is 17.3.